The van der Waals surface area contributed by atoms with Crippen LogP contribution in [-0.2, 0) is 19.1 Å². The summed E-state index contributed by atoms with van der Waals surface area (Å²) < 4.78 is 5.21. The van der Waals surface area contributed by atoms with E-state index in [0.717, 1.165) is 24.8 Å². The Hall–Kier alpha value is -1.86. The summed E-state index contributed by atoms with van der Waals surface area (Å²) in [6.45, 7) is 5.06. The van der Waals surface area contributed by atoms with Crippen LogP contribution in [0.2, 0.25) is 0 Å². The van der Waals surface area contributed by atoms with Crippen molar-refractivity contribution in [1.82, 2.24) is 9.80 Å². The SMILES string of the molecule is CCC(C)Sc1ccc([C@@H]2[C@@H]3C(=O)N(C)C(=O)[C@@H]3[C@]3(C(=O)OC)CCCCN23)cc1. The largest absolute Gasteiger partial charge is 0.468 e. The van der Waals surface area contributed by atoms with E-state index in [0.29, 0.717) is 18.2 Å². The van der Waals surface area contributed by atoms with Crippen LogP contribution in [0.5, 0.6) is 0 Å². The van der Waals surface area contributed by atoms with Crippen LogP contribution in [0.1, 0.15) is 51.1 Å². The van der Waals surface area contributed by atoms with Crippen molar-refractivity contribution < 1.29 is 19.1 Å². The number of methoxy groups -OCH3 is 1. The molecule has 2 amide bonds. The average Bonchev–Trinajstić information content (AvgIpc) is 3.20. The topological polar surface area (TPSA) is 66.9 Å². The molecule has 0 saturated carbocycles. The van der Waals surface area contributed by atoms with E-state index >= 15 is 0 Å². The fraction of sp³-hybridized carbons (Fsp3) is 0.609. The molecule has 7 heteroatoms. The van der Waals surface area contributed by atoms with E-state index in [4.69, 9.17) is 4.74 Å². The second-order valence-electron chi connectivity index (χ2n) is 8.66. The van der Waals surface area contributed by atoms with Gasteiger partial charge in [-0.1, -0.05) is 26.0 Å². The maximum atomic E-state index is 13.2. The molecule has 6 nitrogen and oxygen atoms in total. The van der Waals surface area contributed by atoms with Gasteiger partial charge in [0.25, 0.3) is 0 Å². The van der Waals surface area contributed by atoms with Gasteiger partial charge in [-0.15, -0.1) is 11.8 Å². The number of likely N-dealkylation sites (tertiary alicyclic amines) is 1. The number of fused-ring (bicyclic) bond motifs is 3. The lowest BCUT2D eigenvalue weighted by molar-refractivity contribution is -0.163. The molecule has 3 heterocycles. The van der Waals surface area contributed by atoms with Gasteiger partial charge in [-0.2, -0.15) is 0 Å². The quantitative estimate of drug-likeness (QED) is 0.406. The zero-order valence-corrected chi connectivity index (χ0v) is 18.9. The number of rotatable bonds is 5. The molecule has 0 N–H and O–H groups in total. The number of hydrogen-bond donors (Lipinski definition) is 0. The number of carbonyl (C=O) groups excluding carboxylic acids is 3. The van der Waals surface area contributed by atoms with Crippen LogP contribution in [0.15, 0.2) is 29.2 Å². The third-order valence-corrected chi connectivity index (χ3v) is 8.43. The van der Waals surface area contributed by atoms with Gasteiger partial charge in [0.05, 0.1) is 18.9 Å². The number of esters is 1. The molecule has 0 radical (unpaired) electrons. The van der Waals surface area contributed by atoms with Crippen molar-refractivity contribution in [2.75, 3.05) is 20.7 Å². The van der Waals surface area contributed by atoms with Crippen molar-refractivity contribution in [3.8, 4) is 0 Å². The van der Waals surface area contributed by atoms with Gasteiger partial charge in [0.15, 0.2) is 0 Å². The Bertz CT molecular complexity index is 857. The highest BCUT2D eigenvalue weighted by Crippen LogP contribution is 2.58. The number of piperidine rings is 1. The summed E-state index contributed by atoms with van der Waals surface area (Å²) in [6.07, 6.45) is 3.43. The fourth-order valence-corrected chi connectivity index (χ4v) is 6.48. The third kappa shape index (κ3) is 3.01. The molecule has 3 saturated heterocycles. The van der Waals surface area contributed by atoms with Gasteiger partial charge in [-0.05, 0) is 49.9 Å². The Morgan fingerprint density at radius 3 is 2.57 bits per heavy atom. The number of thioether (sulfide) groups is 1. The van der Waals surface area contributed by atoms with E-state index in [2.05, 4.69) is 43.0 Å². The van der Waals surface area contributed by atoms with Crippen LogP contribution >= 0.6 is 11.8 Å². The Labute approximate surface area is 182 Å². The molecule has 1 aromatic rings. The Morgan fingerprint density at radius 1 is 1.23 bits per heavy atom. The molecule has 4 rings (SSSR count). The first-order valence-electron chi connectivity index (χ1n) is 10.8. The highest BCUT2D eigenvalue weighted by atomic mass is 32.2. The second-order valence-corrected chi connectivity index (χ2v) is 10.2. The van der Waals surface area contributed by atoms with Crippen LogP contribution in [0.4, 0.5) is 0 Å². The lowest BCUT2D eigenvalue weighted by Crippen LogP contribution is -2.59. The first-order chi connectivity index (χ1) is 14.4. The van der Waals surface area contributed by atoms with E-state index in [-0.39, 0.29) is 23.8 Å². The predicted octanol–water partition coefficient (Wildman–Crippen LogP) is 3.26. The number of nitrogens with zero attached hydrogens (tertiary/aromatic N) is 2. The lowest BCUT2D eigenvalue weighted by Gasteiger charge is -2.44. The van der Waals surface area contributed by atoms with Crippen molar-refractivity contribution in [1.29, 1.82) is 0 Å². The molecular weight excluding hydrogens is 400 g/mol. The maximum Gasteiger partial charge on any atom is 0.327 e. The second kappa shape index (κ2) is 8.00. The molecule has 1 aromatic carbocycles. The average molecular weight is 431 g/mol. The molecule has 3 aliphatic heterocycles. The molecule has 30 heavy (non-hydrogen) atoms. The van der Waals surface area contributed by atoms with Gasteiger partial charge in [0, 0.05) is 23.2 Å². The molecule has 0 aliphatic carbocycles. The minimum absolute atomic E-state index is 0.189. The van der Waals surface area contributed by atoms with Crippen LogP contribution in [0.25, 0.3) is 0 Å². The highest BCUT2D eigenvalue weighted by molar-refractivity contribution is 7.99. The third-order valence-electron chi connectivity index (χ3n) is 7.15. The van der Waals surface area contributed by atoms with Crippen molar-refractivity contribution in [2.24, 2.45) is 11.8 Å². The van der Waals surface area contributed by atoms with Gasteiger partial charge < -0.3 is 4.74 Å². The van der Waals surface area contributed by atoms with E-state index in [9.17, 15) is 14.4 Å². The summed E-state index contributed by atoms with van der Waals surface area (Å²) in [5, 5.41) is 0.531. The highest BCUT2D eigenvalue weighted by Gasteiger charge is 2.72. The zero-order valence-electron chi connectivity index (χ0n) is 18.1. The van der Waals surface area contributed by atoms with Crippen molar-refractivity contribution in [3.63, 3.8) is 0 Å². The number of benzene rings is 1. The van der Waals surface area contributed by atoms with Crippen molar-refractivity contribution in [3.05, 3.63) is 29.8 Å². The Kier molecular flexibility index (Phi) is 5.70. The number of imide groups is 1. The van der Waals surface area contributed by atoms with Crippen LogP contribution in [-0.4, -0.2) is 59.1 Å². The normalized spacial score (nSPS) is 32.1. The number of hydrogen-bond acceptors (Lipinski definition) is 6. The molecule has 0 aromatic heterocycles. The summed E-state index contributed by atoms with van der Waals surface area (Å²) in [5.74, 6) is -2.06. The van der Waals surface area contributed by atoms with E-state index < -0.39 is 17.4 Å². The molecular formula is C23H30N2O4S. The maximum absolute atomic E-state index is 13.2. The van der Waals surface area contributed by atoms with Crippen molar-refractivity contribution in [2.45, 2.75) is 61.3 Å². The number of carbonyl (C=O) groups is 3. The van der Waals surface area contributed by atoms with Gasteiger partial charge in [-0.25, -0.2) is 0 Å². The summed E-state index contributed by atoms with van der Waals surface area (Å²) in [4.78, 5) is 43.9. The molecule has 0 bridgehead atoms. The molecule has 5 atom stereocenters. The summed E-state index contributed by atoms with van der Waals surface area (Å²) >= 11 is 1.83. The zero-order chi connectivity index (χ0) is 21.6. The summed E-state index contributed by atoms with van der Waals surface area (Å²) in [6, 6.07) is 8.01. The molecule has 162 valence electrons. The summed E-state index contributed by atoms with van der Waals surface area (Å²) in [5.41, 5.74) is -0.0631. The van der Waals surface area contributed by atoms with Gasteiger partial charge in [0.2, 0.25) is 11.8 Å². The number of ether oxygens (including phenoxy) is 1. The molecule has 1 unspecified atom stereocenters. The predicted molar refractivity (Wildman–Crippen MR) is 115 cm³/mol. The molecule has 0 spiro atoms. The molecule has 3 aliphatic rings. The number of amides is 2. The monoisotopic (exact) mass is 430 g/mol. The minimum atomic E-state index is -1.05. The van der Waals surface area contributed by atoms with Crippen LogP contribution in [0.3, 0.4) is 0 Å². The van der Waals surface area contributed by atoms with Gasteiger partial charge in [-0.3, -0.25) is 24.2 Å². The van der Waals surface area contributed by atoms with Crippen LogP contribution < -0.4 is 0 Å². The van der Waals surface area contributed by atoms with Crippen LogP contribution in [0, 0.1) is 11.8 Å². The summed E-state index contributed by atoms with van der Waals surface area (Å²) in [7, 11) is 2.90. The van der Waals surface area contributed by atoms with E-state index in [1.54, 1.807) is 0 Å². The molecule has 3 fully saturated rings. The minimum Gasteiger partial charge on any atom is -0.468 e. The smallest absolute Gasteiger partial charge is 0.327 e. The Balaban J connectivity index is 1.78. The lowest BCUT2D eigenvalue weighted by atomic mass is 9.75. The fourth-order valence-electron chi connectivity index (χ4n) is 5.56. The van der Waals surface area contributed by atoms with Gasteiger partial charge >= 0.3 is 5.97 Å². The van der Waals surface area contributed by atoms with E-state index in [1.807, 2.05) is 11.8 Å². The Morgan fingerprint density at radius 2 is 1.93 bits per heavy atom. The first-order valence-corrected chi connectivity index (χ1v) is 11.7. The van der Waals surface area contributed by atoms with Crippen molar-refractivity contribution >= 4 is 29.5 Å². The van der Waals surface area contributed by atoms with Gasteiger partial charge in [0.1, 0.15) is 5.54 Å². The van der Waals surface area contributed by atoms with E-state index in [1.165, 1.54) is 24.0 Å². The first kappa shape index (κ1) is 21.4. The standard InChI is InChI=1S/C23H30N2O4S/c1-5-14(2)30-16-10-8-15(9-11-16)19-17-18(21(27)24(3)20(17)26)23(22(28)29-4)12-6-7-13-25(19)23/h8-11,14,17-19H,5-7,12-13H2,1-4H3/t14?,17-,18-,19-,23+/m1/s1.